The van der Waals surface area contributed by atoms with Crippen molar-refractivity contribution in [1.29, 1.82) is 0 Å². The molecular weight excluding hydrogens is 326 g/mol. The van der Waals surface area contributed by atoms with E-state index in [9.17, 15) is 19.2 Å². The summed E-state index contributed by atoms with van der Waals surface area (Å²) in [5.74, 6) is -3.56. The van der Waals surface area contributed by atoms with Gasteiger partial charge in [0.05, 0.1) is 6.04 Å². The number of hydrogen-bond donors (Lipinski definition) is 5. The molecule has 0 aromatic heterocycles. The smallest absolute Gasteiger partial charge is 0.323 e. The number of carbonyl (C=O) groups is 4. The highest BCUT2D eigenvalue weighted by atomic mass is 32.1. The van der Waals surface area contributed by atoms with E-state index in [4.69, 9.17) is 15.9 Å². The van der Waals surface area contributed by atoms with Crippen LogP contribution < -0.4 is 11.1 Å². The highest BCUT2D eigenvalue weighted by molar-refractivity contribution is 7.80. The molecule has 0 aliphatic heterocycles. The van der Waals surface area contributed by atoms with Gasteiger partial charge in [0.1, 0.15) is 12.6 Å². The minimum atomic E-state index is -1.17. The van der Waals surface area contributed by atoms with Gasteiger partial charge in [-0.05, 0) is 20.3 Å². The SMILES string of the molecule is CC(C)N(CC(=O)O)C(=O)[C@H](CS)NC(=O)[C@@H](N)CCC(=O)O. The predicted molar refractivity (Wildman–Crippen MR) is 85.1 cm³/mol. The standard InChI is InChI=1S/C13H23N3O6S/c1-7(2)16(5-11(19)20)13(22)9(6-23)15-12(21)8(14)3-4-10(17)18/h7-9,23H,3-6,14H2,1-2H3,(H,15,21)(H,17,18)(H,19,20)/t8-,9-/m0/s1. The predicted octanol–water partition coefficient (Wildman–Crippen LogP) is -1.09. The molecule has 0 spiro atoms. The zero-order valence-electron chi connectivity index (χ0n) is 13.1. The molecule has 0 rings (SSSR count). The Morgan fingerprint density at radius 3 is 2.13 bits per heavy atom. The molecule has 0 aromatic carbocycles. The summed E-state index contributed by atoms with van der Waals surface area (Å²) in [5.41, 5.74) is 5.57. The number of nitrogens with one attached hydrogen (secondary N) is 1. The second kappa shape index (κ2) is 10.1. The lowest BCUT2D eigenvalue weighted by atomic mass is 10.1. The molecule has 23 heavy (non-hydrogen) atoms. The van der Waals surface area contributed by atoms with Crippen LogP contribution in [-0.4, -0.2) is 69.3 Å². The van der Waals surface area contributed by atoms with E-state index in [1.165, 1.54) is 0 Å². The second-order valence-electron chi connectivity index (χ2n) is 5.24. The first kappa shape index (κ1) is 21.2. The van der Waals surface area contributed by atoms with Crippen LogP contribution in [0.1, 0.15) is 26.7 Å². The molecule has 0 saturated carbocycles. The van der Waals surface area contributed by atoms with Gasteiger partial charge in [-0.3, -0.25) is 19.2 Å². The number of thiol groups is 1. The normalized spacial score (nSPS) is 13.3. The molecule has 5 N–H and O–H groups in total. The quantitative estimate of drug-likeness (QED) is 0.315. The zero-order chi connectivity index (χ0) is 18.2. The summed E-state index contributed by atoms with van der Waals surface area (Å²) in [4.78, 5) is 46.6. The third-order valence-electron chi connectivity index (χ3n) is 3.02. The fourth-order valence-corrected chi connectivity index (χ4v) is 1.98. The number of rotatable bonds is 10. The average molecular weight is 349 g/mol. The molecule has 0 fully saturated rings. The van der Waals surface area contributed by atoms with E-state index in [1.807, 2.05) is 0 Å². The number of carbonyl (C=O) groups excluding carboxylic acids is 2. The van der Waals surface area contributed by atoms with Crippen LogP contribution in [0, 0.1) is 0 Å². The molecule has 9 nitrogen and oxygen atoms in total. The summed E-state index contributed by atoms with van der Waals surface area (Å²) in [7, 11) is 0. The van der Waals surface area contributed by atoms with Crippen LogP contribution in [0.25, 0.3) is 0 Å². The first-order valence-electron chi connectivity index (χ1n) is 7.01. The molecule has 0 radical (unpaired) electrons. The minimum Gasteiger partial charge on any atom is -0.481 e. The number of nitrogens with two attached hydrogens (primary N) is 1. The Bertz CT molecular complexity index is 457. The van der Waals surface area contributed by atoms with Gasteiger partial charge in [0.25, 0.3) is 0 Å². The van der Waals surface area contributed by atoms with Crippen LogP contribution in [0.2, 0.25) is 0 Å². The van der Waals surface area contributed by atoms with Crippen molar-refractivity contribution in [2.45, 2.75) is 44.8 Å². The largest absolute Gasteiger partial charge is 0.481 e. The Morgan fingerprint density at radius 2 is 1.74 bits per heavy atom. The fourth-order valence-electron chi connectivity index (χ4n) is 1.74. The topological polar surface area (TPSA) is 150 Å². The minimum absolute atomic E-state index is 0.0426. The van der Waals surface area contributed by atoms with Crippen molar-refractivity contribution in [1.82, 2.24) is 10.2 Å². The first-order chi connectivity index (χ1) is 10.6. The molecule has 0 saturated heterocycles. The summed E-state index contributed by atoms with van der Waals surface area (Å²) in [6.45, 7) is 2.80. The summed E-state index contributed by atoms with van der Waals surface area (Å²) in [6, 6.07) is -2.49. The van der Waals surface area contributed by atoms with Gasteiger partial charge in [-0.25, -0.2) is 0 Å². The van der Waals surface area contributed by atoms with Crippen molar-refractivity contribution in [3.63, 3.8) is 0 Å². The lowest BCUT2D eigenvalue weighted by molar-refractivity contribution is -0.147. The summed E-state index contributed by atoms with van der Waals surface area (Å²) in [6.07, 6.45) is -0.344. The second-order valence-corrected chi connectivity index (χ2v) is 5.60. The molecule has 0 unspecified atom stereocenters. The molecule has 0 aromatic rings. The number of aliphatic carboxylic acids is 2. The fraction of sp³-hybridized carbons (Fsp3) is 0.692. The Kier molecular flexibility index (Phi) is 9.27. The molecule has 0 bridgehead atoms. The third kappa shape index (κ3) is 7.84. The van der Waals surface area contributed by atoms with Crippen molar-refractivity contribution in [2.24, 2.45) is 5.73 Å². The van der Waals surface area contributed by atoms with E-state index in [0.717, 1.165) is 4.90 Å². The highest BCUT2D eigenvalue weighted by Gasteiger charge is 2.29. The van der Waals surface area contributed by atoms with E-state index in [1.54, 1.807) is 13.8 Å². The Balaban J connectivity index is 4.84. The van der Waals surface area contributed by atoms with Crippen LogP contribution in [0.4, 0.5) is 0 Å². The summed E-state index contributed by atoms with van der Waals surface area (Å²) < 4.78 is 0. The van der Waals surface area contributed by atoms with Gasteiger partial charge in [-0.2, -0.15) is 12.6 Å². The molecule has 0 aliphatic rings. The molecule has 10 heteroatoms. The third-order valence-corrected chi connectivity index (χ3v) is 3.38. The summed E-state index contributed by atoms with van der Waals surface area (Å²) in [5, 5.41) is 19.8. The van der Waals surface area contributed by atoms with Gasteiger partial charge in [-0.1, -0.05) is 0 Å². The van der Waals surface area contributed by atoms with Crippen molar-refractivity contribution in [3.8, 4) is 0 Å². The number of amides is 2. The first-order valence-corrected chi connectivity index (χ1v) is 7.64. The molecular formula is C13H23N3O6S. The molecule has 2 atom stereocenters. The number of carboxylic acid groups (broad SMARTS) is 2. The van der Waals surface area contributed by atoms with E-state index in [0.29, 0.717) is 0 Å². The Hall–Kier alpha value is -1.81. The van der Waals surface area contributed by atoms with E-state index < -0.39 is 42.4 Å². The number of hydrogen-bond acceptors (Lipinski definition) is 6. The van der Waals surface area contributed by atoms with Crippen molar-refractivity contribution >= 4 is 36.4 Å². The van der Waals surface area contributed by atoms with Crippen molar-refractivity contribution in [3.05, 3.63) is 0 Å². The zero-order valence-corrected chi connectivity index (χ0v) is 14.0. The maximum absolute atomic E-state index is 12.3. The highest BCUT2D eigenvalue weighted by Crippen LogP contribution is 2.05. The van der Waals surface area contributed by atoms with Crippen molar-refractivity contribution in [2.75, 3.05) is 12.3 Å². The van der Waals surface area contributed by atoms with E-state index >= 15 is 0 Å². The molecule has 0 aliphatic carbocycles. The van der Waals surface area contributed by atoms with Gasteiger partial charge in [0.2, 0.25) is 11.8 Å². The van der Waals surface area contributed by atoms with Gasteiger partial charge in [0, 0.05) is 18.2 Å². The van der Waals surface area contributed by atoms with E-state index in [2.05, 4.69) is 17.9 Å². The van der Waals surface area contributed by atoms with Crippen LogP contribution in [-0.2, 0) is 19.2 Å². The van der Waals surface area contributed by atoms with Crippen LogP contribution in [0.15, 0.2) is 0 Å². The lowest BCUT2D eigenvalue weighted by Gasteiger charge is -2.29. The maximum atomic E-state index is 12.3. The van der Waals surface area contributed by atoms with Crippen LogP contribution >= 0.6 is 12.6 Å². The van der Waals surface area contributed by atoms with Gasteiger partial charge < -0.3 is 26.2 Å². The molecule has 0 heterocycles. The van der Waals surface area contributed by atoms with Gasteiger partial charge in [0.15, 0.2) is 0 Å². The van der Waals surface area contributed by atoms with Crippen LogP contribution in [0.5, 0.6) is 0 Å². The number of nitrogens with zero attached hydrogens (tertiary/aromatic N) is 1. The van der Waals surface area contributed by atoms with Gasteiger partial charge >= 0.3 is 11.9 Å². The Labute approximate surface area is 139 Å². The molecule has 132 valence electrons. The Morgan fingerprint density at radius 1 is 1.17 bits per heavy atom. The lowest BCUT2D eigenvalue weighted by Crippen LogP contribution is -2.55. The average Bonchev–Trinajstić information content (AvgIpc) is 2.46. The summed E-state index contributed by atoms with van der Waals surface area (Å²) >= 11 is 3.99. The monoisotopic (exact) mass is 349 g/mol. The van der Waals surface area contributed by atoms with Crippen LogP contribution in [0.3, 0.4) is 0 Å². The van der Waals surface area contributed by atoms with Crippen molar-refractivity contribution < 1.29 is 29.4 Å². The number of carboxylic acids is 2. The van der Waals surface area contributed by atoms with E-state index in [-0.39, 0.29) is 24.6 Å². The maximum Gasteiger partial charge on any atom is 0.323 e. The van der Waals surface area contributed by atoms with Gasteiger partial charge in [-0.15, -0.1) is 0 Å². The molecule has 2 amide bonds.